The first-order valence-electron chi connectivity index (χ1n) is 6.09. The Kier molecular flexibility index (Phi) is 3.20. The molecule has 0 radical (unpaired) electrons. The van der Waals surface area contributed by atoms with Gasteiger partial charge in [0.15, 0.2) is 9.84 Å². The molecule has 17 heavy (non-hydrogen) atoms. The Balaban J connectivity index is 1.99. The van der Waals surface area contributed by atoms with Gasteiger partial charge in [-0.3, -0.25) is 4.79 Å². The van der Waals surface area contributed by atoms with Crippen LogP contribution >= 0.6 is 0 Å². The molecule has 0 bridgehead atoms. The van der Waals surface area contributed by atoms with E-state index in [4.69, 9.17) is 5.73 Å². The molecule has 1 aliphatic carbocycles. The number of sulfone groups is 1. The molecule has 6 heteroatoms. The molecule has 3 atom stereocenters. The van der Waals surface area contributed by atoms with Crippen LogP contribution in [0, 0.1) is 5.92 Å². The third kappa shape index (κ3) is 2.80. The van der Waals surface area contributed by atoms with Crippen LogP contribution in [0.3, 0.4) is 0 Å². The number of rotatable bonds is 2. The van der Waals surface area contributed by atoms with Crippen molar-refractivity contribution in [3.05, 3.63) is 0 Å². The van der Waals surface area contributed by atoms with Crippen LogP contribution in [0.1, 0.15) is 32.6 Å². The average molecular weight is 260 g/mol. The largest absolute Gasteiger partial charge is 0.350 e. The molecule has 1 saturated heterocycles. The molecule has 98 valence electrons. The van der Waals surface area contributed by atoms with Crippen molar-refractivity contribution in [1.82, 2.24) is 5.32 Å². The average Bonchev–Trinajstić information content (AvgIpc) is 2.70. The number of carbonyl (C=O) groups excluding carboxylic acids is 1. The number of nitrogens with one attached hydrogen (secondary N) is 1. The van der Waals surface area contributed by atoms with Crippen LogP contribution in [0.15, 0.2) is 0 Å². The van der Waals surface area contributed by atoms with Gasteiger partial charge in [-0.15, -0.1) is 0 Å². The van der Waals surface area contributed by atoms with Gasteiger partial charge in [0.25, 0.3) is 0 Å². The lowest BCUT2D eigenvalue weighted by Crippen LogP contribution is -2.51. The summed E-state index contributed by atoms with van der Waals surface area (Å²) in [5, 5.41) is 2.89. The Morgan fingerprint density at radius 2 is 2.12 bits per heavy atom. The summed E-state index contributed by atoms with van der Waals surface area (Å²) >= 11 is 0. The Morgan fingerprint density at radius 3 is 2.59 bits per heavy atom. The predicted octanol–water partition coefficient (Wildman–Crippen LogP) is -0.193. The summed E-state index contributed by atoms with van der Waals surface area (Å²) in [6.07, 6.45) is 3.18. The lowest BCUT2D eigenvalue weighted by Gasteiger charge is -2.27. The van der Waals surface area contributed by atoms with E-state index in [2.05, 4.69) is 5.32 Å². The van der Waals surface area contributed by atoms with E-state index in [1.807, 2.05) is 0 Å². The van der Waals surface area contributed by atoms with E-state index < -0.39 is 15.4 Å². The molecular formula is C11H20N2O3S. The highest BCUT2D eigenvalue weighted by atomic mass is 32.2. The second kappa shape index (κ2) is 4.24. The maximum atomic E-state index is 12.0. The van der Waals surface area contributed by atoms with Gasteiger partial charge in [0.05, 0.1) is 23.0 Å². The van der Waals surface area contributed by atoms with Crippen LogP contribution in [-0.2, 0) is 14.6 Å². The van der Waals surface area contributed by atoms with Crippen molar-refractivity contribution in [1.29, 1.82) is 0 Å². The smallest absolute Gasteiger partial charge is 0.225 e. The Bertz CT molecular complexity index is 420. The zero-order chi connectivity index (χ0) is 12.7. The molecule has 1 heterocycles. The molecule has 0 aromatic heterocycles. The van der Waals surface area contributed by atoms with E-state index in [1.54, 1.807) is 6.92 Å². The number of nitrogens with two attached hydrogens (primary N) is 1. The van der Waals surface area contributed by atoms with E-state index in [-0.39, 0.29) is 29.4 Å². The normalized spacial score (nSPS) is 40.4. The third-order valence-corrected chi connectivity index (χ3v) is 5.74. The van der Waals surface area contributed by atoms with E-state index in [0.29, 0.717) is 6.42 Å². The van der Waals surface area contributed by atoms with Crippen LogP contribution in [0.2, 0.25) is 0 Å². The van der Waals surface area contributed by atoms with E-state index in [9.17, 15) is 13.2 Å². The van der Waals surface area contributed by atoms with Crippen molar-refractivity contribution in [2.24, 2.45) is 11.7 Å². The van der Waals surface area contributed by atoms with Crippen LogP contribution in [0.4, 0.5) is 0 Å². The van der Waals surface area contributed by atoms with Crippen molar-refractivity contribution >= 4 is 15.7 Å². The molecule has 1 aliphatic heterocycles. The first kappa shape index (κ1) is 12.8. The number of amides is 1. The van der Waals surface area contributed by atoms with Gasteiger partial charge in [-0.2, -0.15) is 0 Å². The van der Waals surface area contributed by atoms with Crippen molar-refractivity contribution in [2.45, 2.75) is 44.2 Å². The molecule has 3 unspecified atom stereocenters. The van der Waals surface area contributed by atoms with Gasteiger partial charge in [-0.05, 0) is 26.2 Å². The minimum Gasteiger partial charge on any atom is -0.350 e. The molecule has 2 fully saturated rings. The van der Waals surface area contributed by atoms with Gasteiger partial charge in [0, 0.05) is 6.04 Å². The van der Waals surface area contributed by atoms with Crippen LogP contribution < -0.4 is 11.1 Å². The van der Waals surface area contributed by atoms with Gasteiger partial charge in [0.2, 0.25) is 5.91 Å². The van der Waals surface area contributed by atoms with Crippen LogP contribution in [0.5, 0.6) is 0 Å². The second-order valence-electron chi connectivity index (χ2n) is 5.59. The molecule has 0 aromatic carbocycles. The second-order valence-corrected chi connectivity index (χ2v) is 7.78. The minimum atomic E-state index is -2.98. The zero-order valence-electron chi connectivity index (χ0n) is 10.1. The lowest BCUT2D eigenvalue weighted by molar-refractivity contribution is -0.126. The van der Waals surface area contributed by atoms with Crippen LogP contribution in [0.25, 0.3) is 0 Å². The Hall–Kier alpha value is -0.620. The van der Waals surface area contributed by atoms with Gasteiger partial charge in [-0.1, -0.05) is 6.42 Å². The predicted molar refractivity (Wildman–Crippen MR) is 65.1 cm³/mol. The van der Waals surface area contributed by atoms with Crippen molar-refractivity contribution in [3.63, 3.8) is 0 Å². The maximum absolute atomic E-state index is 12.0. The first-order valence-corrected chi connectivity index (χ1v) is 7.92. The van der Waals surface area contributed by atoms with Gasteiger partial charge < -0.3 is 11.1 Å². The topological polar surface area (TPSA) is 89.3 Å². The molecular weight excluding hydrogens is 240 g/mol. The van der Waals surface area contributed by atoms with E-state index >= 15 is 0 Å². The summed E-state index contributed by atoms with van der Waals surface area (Å²) in [6.45, 7) is 1.80. The Morgan fingerprint density at radius 1 is 1.41 bits per heavy atom. The van der Waals surface area contributed by atoms with Gasteiger partial charge >= 0.3 is 0 Å². The highest BCUT2D eigenvalue weighted by molar-refractivity contribution is 7.91. The van der Waals surface area contributed by atoms with Gasteiger partial charge in [0.1, 0.15) is 0 Å². The van der Waals surface area contributed by atoms with E-state index in [0.717, 1.165) is 19.3 Å². The zero-order valence-corrected chi connectivity index (χ0v) is 10.9. The first-order chi connectivity index (χ1) is 7.81. The summed E-state index contributed by atoms with van der Waals surface area (Å²) in [6, 6.07) is -0.0726. The molecule has 0 aromatic rings. The molecule has 5 nitrogen and oxygen atoms in total. The fraction of sp³-hybridized carbons (Fsp3) is 0.909. The highest BCUT2D eigenvalue weighted by Gasteiger charge is 2.41. The number of hydrogen-bond donors (Lipinski definition) is 2. The monoisotopic (exact) mass is 260 g/mol. The molecule has 3 N–H and O–H groups in total. The van der Waals surface area contributed by atoms with E-state index in [1.165, 1.54) is 0 Å². The third-order valence-electron chi connectivity index (χ3n) is 3.83. The quantitative estimate of drug-likeness (QED) is 0.720. The molecule has 2 rings (SSSR count). The maximum Gasteiger partial charge on any atom is 0.225 e. The van der Waals surface area contributed by atoms with Crippen molar-refractivity contribution in [3.8, 4) is 0 Å². The molecule has 1 amide bonds. The number of hydrogen-bond acceptors (Lipinski definition) is 4. The fourth-order valence-electron chi connectivity index (χ4n) is 2.81. The number of carbonyl (C=O) groups is 1. The van der Waals surface area contributed by atoms with Crippen molar-refractivity contribution in [2.75, 3.05) is 11.5 Å². The fourth-order valence-corrected chi connectivity index (χ4v) is 4.91. The summed E-state index contributed by atoms with van der Waals surface area (Å²) < 4.78 is 22.9. The van der Waals surface area contributed by atoms with Gasteiger partial charge in [-0.25, -0.2) is 8.42 Å². The summed E-state index contributed by atoms with van der Waals surface area (Å²) in [5.74, 6) is -0.00138. The van der Waals surface area contributed by atoms with Crippen LogP contribution in [-0.4, -0.2) is 37.4 Å². The SMILES string of the molecule is CC1(NC(=O)C2CCCC2N)CCS(=O)(=O)C1. The lowest BCUT2D eigenvalue weighted by atomic mass is 9.98. The highest BCUT2D eigenvalue weighted by Crippen LogP contribution is 2.27. The standard InChI is InChI=1S/C11H20N2O3S/c1-11(5-6-17(15,16)7-11)13-10(14)8-3-2-4-9(8)12/h8-9H,2-7,12H2,1H3,(H,13,14). The molecule has 2 aliphatic rings. The van der Waals surface area contributed by atoms with Crippen molar-refractivity contribution < 1.29 is 13.2 Å². The minimum absolute atomic E-state index is 0.0493. The summed E-state index contributed by atoms with van der Waals surface area (Å²) in [7, 11) is -2.98. The summed E-state index contributed by atoms with van der Waals surface area (Å²) in [4.78, 5) is 12.0. The summed E-state index contributed by atoms with van der Waals surface area (Å²) in [5.41, 5.74) is 5.27. The Labute approximate surface area is 102 Å². The molecule has 1 saturated carbocycles. The molecule has 0 spiro atoms.